The Morgan fingerprint density at radius 3 is 2.81 bits per heavy atom. The Hall–Kier alpha value is -3.45. The minimum atomic E-state index is -0.0191. The van der Waals surface area contributed by atoms with Gasteiger partial charge in [-0.25, -0.2) is 0 Å². The number of hydrogen-bond acceptors (Lipinski definition) is 7. The lowest BCUT2D eigenvalue weighted by molar-refractivity contribution is -0.114. The Kier molecular flexibility index (Phi) is 7.42. The summed E-state index contributed by atoms with van der Waals surface area (Å²) in [6, 6.07) is 15.8. The van der Waals surface area contributed by atoms with Crippen LogP contribution in [0.15, 0.2) is 55.1 Å². The zero-order chi connectivity index (χ0) is 25.9. The van der Waals surface area contributed by atoms with Crippen LogP contribution in [0.3, 0.4) is 0 Å². The summed E-state index contributed by atoms with van der Waals surface area (Å²) in [5.74, 6) is 0.895. The van der Waals surface area contributed by atoms with Gasteiger partial charge >= 0.3 is 6.01 Å². The summed E-state index contributed by atoms with van der Waals surface area (Å²) in [7, 11) is 4.16. The van der Waals surface area contributed by atoms with Crippen LogP contribution in [0.5, 0.6) is 6.01 Å². The van der Waals surface area contributed by atoms with Crippen molar-refractivity contribution in [3.05, 3.63) is 66.4 Å². The largest absolute Gasteiger partial charge is 0.462 e. The molecule has 0 saturated carbocycles. The standard InChI is InChI=1S/C30H37N5O2/c1-5-24(36)18-21(2)34(4)29-26-15-17-35(28-14-8-11-22-10-6-7-13-25(22)28)19-27(26)31-30(32-29)37-20-23-12-9-16-33(23)3/h5-8,10-11,13-14,21,23H,1,9,12,15-20H2,2-4H3/t21-,23+/m1/s1. The molecule has 2 aliphatic heterocycles. The Morgan fingerprint density at radius 2 is 2.03 bits per heavy atom. The van der Waals surface area contributed by atoms with Gasteiger partial charge in [-0.15, -0.1) is 0 Å². The molecule has 2 aliphatic rings. The molecule has 0 bridgehead atoms. The number of allylic oxidation sites excluding steroid dienone is 1. The van der Waals surface area contributed by atoms with Crippen molar-refractivity contribution in [3.63, 3.8) is 0 Å². The predicted octanol–water partition coefficient (Wildman–Crippen LogP) is 4.64. The molecule has 0 unspecified atom stereocenters. The molecular formula is C30H37N5O2. The lowest BCUT2D eigenvalue weighted by atomic mass is 10.0. The average Bonchev–Trinajstić information content (AvgIpc) is 3.34. The van der Waals surface area contributed by atoms with Gasteiger partial charge in [0.1, 0.15) is 12.4 Å². The monoisotopic (exact) mass is 499 g/mol. The van der Waals surface area contributed by atoms with Crippen LogP contribution in [0.25, 0.3) is 10.8 Å². The van der Waals surface area contributed by atoms with E-state index < -0.39 is 0 Å². The molecule has 37 heavy (non-hydrogen) atoms. The first-order valence-corrected chi connectivity index (χ1v) is 13.3. The fraction of sp³-hybridized carbons (Fsp3) is 0.433. The maximum absolute atomic E-state index is 12.1. The van der Waals surface area contributed by atoms with E-state index in [1.54, 1.807) is 0 Å². The van der Waals surface area contributed by atoms with Crippen LogP contribution in [0, 0.1) is 0 Å². The number of carbonyl (C=O) groups excluding carboxylic acids is 1. The van der Waals surface area contributed by atoms with Crippen LogP contribution in [-0.4, -0.2) is 66.5 Å². The van der Waals surface area contributed by atoms with Crippen molar-refractivity contribution >= 4 is 28.1 Å². The number of benzene rings is 2. The van der Waals surface area contributed by atoms with E-state index in [-0.39, 0.29) is 11.8 Å². The second-order valence-electron chi connectivity index (χ2n) is 10.3. The molecule has 7 nitrogen and oxygen atoms in total. The number of ketones is 1. The molecule has 0 radical (unpaired) electrons. The number of rotatable bonds is 9. The zero-order valence-corrected chi connectivity index (χ0v) is 22.2. The minimum absolute atomic E-state index is 0.0191. The number of fused-ring (bicyclic) bond motifs is 2. The number of ether oxygens (including phenoxy) is 1. The highest BCUT2D eigenvalue weighted by atomic mass is 16.5. The predicted molar refractivity (Wildman–Crippen MR) is 150 cm³/mol. The number of likely N-dealkylation sites (N-methyl/N-ethyl adjacent to an activating group) is 1. The fourth-order valence-electron chi connectivity index (χ4n) is 5.52. The summed E-state index contributed by atoms with van der Waals surface area (Å²) in [6.45, 7) is 8.92. The molecule has 0 amide bonds. The maximum atomic E-state index is 12.1. The lowest BCUT2D eigenvalue weighted by Gasteiger charge is -2.34. The first-order chi connectivity index (χ1) is 17.9. The third kappa shape index (κ3) is 5.32. The van der Waals surface area contributed by atoms with E-state index in [4.69, 9.17) is 14.7 Å². The van der Waals surface area contributed by atoms with E-state index in [1.807, 2.05) is 7.05 Å². The zero-order valence-electron chi connectivity index (χ0n) is 22.2. The van der Waals surface area contributed by atoms with E-state index in [9.17, 15) is 4.79 Å². The van der Waals surface area contributed by atoms with Crippen LogP contribution in [0.4, 0.5) is 11.5 Å². The molecule has 3 heterocycles. The molecular weight excluding hydrogens is 462 g/mol. The summed E-state index contributed by atoms with van der Waals surface area (Å²) < 4.78 is 6.22. The van der Waals surface area contributed by atoms with Gasteiger partial charge in [-0.05, 0) is 57.3 Å². The van der Waals surface area contributed by atoms with Gasteiger partial charge in [-0.3, -0.25) is 4.79 Å². The third-order valence-electron chi connectivity index (χ3n) is 7.93. The first-order valence-electron chi connectivity index (χ1n) is 13.3. The molecule has 1 aromatic heterocycles. The first kappa shape index (κ1) is 25.2. The molecule has 194 valence electrons. The average molecular weight is 500 g/mol. The summed E-state index contributed by atoms with van der Waals surface area (Å²) >= 11 is 0. The van der Waals surface area contributed by atoms with E-state index >= 15 is 0 Å². The van der Waals surface area contributed by atoms with Crippen molar-refractivity contribution in [2.24, 2.45) is 0 Å². The van der Waals surface area contributed by atoms with Crippen LogP contribution in [0.1, 0.15) is 37.4 Å². The normalized spacial score (nSPS) is 18.5. The van der Waals surface area contributed by atoms with Crippen LogP contribution < -0.4 is 14.5 Å². The second kappa shape index (κ2) is 10.9. The highest BCUT2D eigenvalue weighted by Gasteiger charge is 2.28. The van der Waals surface area contributed by atoms with Gasteiger partial charge in [0.05, 0.1) is 12.2 Å². The fourth-order valence-corrected chi connectivity index (χ4v) is 5.52. The number of nitrogens with zero attached hydrogens (tertiary/aromatic N) is 5. The molecule has 2 aromatic carbocycles. The van der Waals surface area contributed by atoms with Crippen LogP contribution in [0.2, 0.25) is 0 Å². The van der Waals surface area contributed by atoms with Crippen molar-refractivity contribution in [1.29, 1.82) is 0 Å². The van der Waals surface area contributed by atoms with Crippen molar-refractivity contribution in [2.45, 2.75) is 51.2 Å². The molecule has 1 saturated heterocycles. The molecule has 1 fully saturated rings. The van der Waals surface area contributed by atoms with Gasteiger partial charge < -0.3 is 19.4 Å². The van der Waals surface area contributed by atoms with Gasteiger partial charge in [-0.2, -0.15) is 9.97 Å². The Morgan fingerprint density at radius 1 is 1.22 bits per heavy atom. The summed E-state index contributed by atoms with van der Waals surface area (Å²) in [4.78, 5) is 28.8. The van der Waals surface area contributed by atoms with Crippen molar-refractivity contribution < 1.29 is 9.53 Å². The summed E-state index contributed by atoms with van der Waals surface area (Å²) in [6.07, 6.45) is 4.94. The van der Waals surface area contributed by atoms with E-state index in [1.165, 1.54) is 29.0 Å². The molecule has 5 rings (SSSR count). The Labute approximate surface area is 219 Å². The lowest BCUT2D eigenvalue weighted by Crippen LogP contribution is -2.37. The third-order valence-corrected chi connectivity index (χ3v) is 7.93. The SMILES string of the molecule is C=CC(=O)C[C@@H](C)N(C)c1nc(OC[C@@H]2CCCN2C)nc2c1CCN(c1cccc3ccccc13)C2. The van der Waals surface area contributed by atoms with Gasteiger partial charge in [0, 0.05) is 48.7 Å². The van der Waals surface area contributed by atoms with Gasteiger partial charge in [0.15, 0.2) is 5.78 Å². The van der Waals surface area contributed by atoms with Gasteiger partial charge in [0.2, 0.25) is 0 Å². The molecule has 3 aromatic rings. The molecule has 0 aliphatic carbocycles. The number of anilines is 2. The number of carbonyl (C=O) groups is 1. The highest BCUT2D eigenvalue weighted by molar-refractivity contribution is 5.94. The summed E-state index contributed by atoms with van der Waals surface area (Å²) in [5, 5.41) is 2.48. The van der Waals surface area contributed by atoms with Crippen LogP contribution in [-0.2, 0) is 17.8 Å². The van der Waals surface area contributed by atoms with Crippen molar-refractivity contribution in [2.75, 3.05) is 43.6 Å². The Balaban J connectivity index is 1.47. The molecule has 7 heteroatoms. The molecule has 0 N–H and O–H groups in total. The second-order valence-corrected chi connectivity index (χ2v) is 10.3. The van der Waals surface area contributed by atoms with Gasteiger partial charge in [-0.1, -0.05) is 43.0 Å². The maximum Gasteiger partial charge on any atom is 0.318 e. The minimum Gasteiger partial charge on any atom is -0.462 e. The van der Waals surface area contributed by atoms with Crippen molar-refractivity contribution in [1.82, 2.24) is 14.9 Å². The van der Waals surface area contributed by atoms with Crippen molar-refractivity contribution in [3.8, 4) is 6.01 Å². The van der Waals surface area contributed by atoms with Gasteiger partial charge in [0.25, 0.3) is 0 Å². The van der Waals surface area contributed by atoms with E-state index in [0.717, 1.165) is 43.0 Å². The number of likely N-dealkylation sites (tertiary alicyclic amines) is 1. The van der Waals surface area contributed by atoms with Crippen LogP contribution >= 0.6 is 0 Å². The smallest absolute Gasteiger partial charge is 0.318 e. The van der Waals surface area contributed by atoms with E-state index in [0.29, 0.717) is 31.6 Å². The topological polar surface area (TPSA) is 61.8 Å². The quantitative estimate of drug-likeness (QED) is 0.398. The number of aromatic nitrogens is 2. The number of hydrogen-bond donors (Lipinski definition) is 0. The highest BCUT2D eigenvalue weighted by Crippen LogP contribution is 2.34. The van der Waals surface area contributed by atoms with E-state index in [2.05, 4.69) is 77.7 Å². The Bertz CT molecular complexity index is 1290. The summed E-state index contributed by atoms with van der Waals surface area (Å²) in [5.41, 5.74) is 3.35. The molecule has 2 atom stereocenters. The molecule has 0 spiro atoms.